The van der Waals surface area contributed by atoms with Gasteiger partial charge in [-0.05, 0) is 0 Å². The van der Waals surface area contributed by atoms with Gasteiger partial charge in [-0.3, -0.25) is 9.59 Å². The van der Waals surface area contributed by atoms with E-state index in [9.17, 15) is 9.59 Å². The van der Waals surface area contributed by atoms with Gasteiger partial charge in [0.15, 0.2) is 0 Å². The number of Topliss-reactive ketones (excluding diaryl/α,β-unsaturated/α-hetero) is 2. The third kappa shape index (κ3) is 4.52. The summed E-state index contributed by atoms with van der Waals surface area (Å²) in [5, 5.41) is 0. The van der Waals surface area contributed by atoms with E-state index in [1.807, 2.05) is 0 Å². The fourth-order valence-electron chi connectivity index (χ4n) is 0.664. The molecule has 0 saturated heterocycles. The van der Waals surface area contributed by atoms with Crippen LogP contribution in [0.4, 0.5) is 0 Å². The Morgan fingerprint density at radius 2 is 2.00 bits per heavy atom. The van der Waals surface area contributed by atoms with Crippen LogP contribution < -0.4 is 0 Å². The average molecular weight is 168 g/mol. The summed E-state index contributed by atoms with van der Waals surface area (Å²) in [5.74, 6) is -0.315. The fraction of sp³-hybridized carbons (Fsp3) is 0.625. The lowest BCUT2D eigenvalue weighted by Gasteiger charge is -1.99. The Bertz CT molecular complexity index is 227. The highest BCUT2D eigenvalue weighted by Gasteiger charge is 2.10. The van der Waals surface area contributed by atoms with Crippen molar-refractivity contribution in [1.82, 2.24) is 0 Å². The summed E-state index contributed by atoms with van der Waals surface area (Å²) in [7, 11) is 0. The minimum absolute atomic E-state index is 0.0381. The molecule has 4 heteroatoms. The van der Waals surface area contributed by atoms with Gasteiger partial charge in [0.05, 0.1) is 0 Å². The molecule has 0 spiro atoms. The Balaban J connectivity index is 3.76. The Morgan fingerprint density at radius 1 is 1.42 bits per heavy atom. The Kier molecular flexibility index (Phi) is 4.81. The van der Waals surface area contributed by atoms with Crippen LogP contribution in [-0.2, 0) is 9.59 Å². The van der Waals surface area contributed by atoms with Crippen molar-refractivity contribution in [3.63, 3.8) is 0 Å². The molecule has 0 aromatic carbocycles. The van der Waals surface area contributed by atoms with Gasteiger partial charge in [-0.15, -0.1) is 0 Å². The summed E-state index contributed by atoms with van der Waals surface area (Å²) in [5.41, 5.74) is 7.97. The highest BCUT2D eigenvalue weighted by molar-refractivity contribution is 6.25. The van der Waals surface area contributed by atoms with E-state index in [1.165, 1.54) is 0 Å². The first-order chi connectivity index (χ1) is 5.57. The quantitative estimate of drug-likeness (QED) is 0.347. The van der Waals surface area contributed by atoms with Gasteiger partial charge in [-0.25, -0.2) is 0 Å². The average Bonchev–Trinajstić information content (AvgIpc) is 2.00. The molecule has 0 aromatic rings. The number of hydrogen-bond acceptors (Lipinski definition) is 2. The van der Waals surface area contributed by atoms with Crippen LogP contribution in [0.25, 0.3) is 5.53 Å². The molecule has 0 rings (SSSR count). The molecule has 66 valence electrons. The van der Waals surface area contributed by atoms with Gasteiger partial charge >= 0.3 is 6.21 Å². The number of carbonyl (C=O) groups excluding carboxylic acids is 2. The molecule has 0 aromatic heterocycles. The summed E-state index contributed by atoms with van der Waals surface area (Å²) >= 11 is 0. The van der Waals surface area contributed by atoms with E-state index in [2.05, 4.69) is 4.79 Å². The number of rotatable bonds is 5. The fourth-order valence-corrected chi connectivity index (χ4v) is 0.664. The first kappa shape index (κ1) is 10.7. The molecule has 0 unspecified atom stereocenters. The first-order valence-electron chi connectivity index (χ1n) is 3.81. The van der Waals surface area contributed by atoms with E-state index in [0.29, 0.717) is 0 Å². The normalized spacial score (nSPS) is 9.25. The second kappa shape index (κ2) is 5.38. The minimum Gasteiger partial charge on any atom is -0.361 e. The van der Waals surface area contributed by atoms with E-state index >= 15 is 0 Å². The van der Waals surface area contributed by atoms with Crippen LogP contribution >= 0.6 is 0 Å². The van der Waals surface area contributed by atoms with Crippen molar-refractivity contribution in [2.24, 2.45) is 5.92 Å². The predicted molar refractivity (Wildman–Crippen MR) is 43.8 cm³/mol. The van der Waals surface area contributed by atoms with Crippen LogP contribution in [0.1, 0.15) is 26.7 Å². The molecular weight excluding hydrogens is 156 g/mol. The lowest BCUT2D eigenvalue weighted by molar-refractivity contribution is -0.124. The Morgan fingerprint density at radius 3 is 2.42 bits per heavy atom. The molecule has 4 nitrogen and oxygen atoms in total. The van der Waals surface area contributed by atoms with Crippen molar-refractivity contribution >= 4 is 17.8 Å². The van der Waals surface area contributed by atoms with E-state index in [4.69, 9.17) is 5.53 Å². The number of ketones is 2. The third-order valence-corrected chi connectivity index (χ3v) is 1.46. The monoisotopic (exact) mass is 168 g/mol. The predicted octanol–water partition coefficient (Wildman–Crippen LogP) is 0.861. The van der Waals surface area contributed by atoms with Crippen LogP contribution in [0.3, 0.4) is 0 Å². The Hall–Kier alpha value is -1.28. The van der Waals surface area contributed by atoms with E-state index in [0.717, 1.165) is 6.21 Å². The first-order valence-corrected chi connectivity index (χ1v) is 3.81. The van der Waals surface area contributed by atoms with Crippen molar-refractivity contribution in [3.05, 3.63) is 5.53 Å². The molecule has 0 N–H and O–H groups in total. The van der Waals surface area contributed by atoms with Gasteiger partial charge in [-0.1, -0.05) is 13.8 Å². The molecule has 0 aliphatic carbocycles. The lowest BCUT2D eigenvalue weighted by atomic mass is 10.0. The number of nitrogens with zero attached hydrogens (tertiary/aromatic N) is 2. The van der Waals surface area contributed by atoms with Gasteiger partial charge in [-0.2, -0.15) is 4.79 Å². The molecule has 0 aliphatic heterocycles. The molecule has 0 radical (unpaired) electrons. The molecule has 0 amide bonds. The minimum atomic E-state index is -0.327. The maximum Gasteiger partial charge on any atom is 0.323 e. The second-order valence-electron chi connectivity index (χ2n) is 2.83. The topological polar surface area (TPSA) is 70.5 Å². The highest BCUT2D eigenvalue weighted by atomic mass is 16.1. The standard InChI is InChI=1S/C8H12N2O2/c1-6(2)8(12)4-3-7(11)5-10-9/h5-6H,3-4H2,1-2H3. The van der Waals surface area contributed by atoms with Gasteiger partial charge in [0.25, 0.3) is 0 Å². The van der Waals surface area contributed by atoms with Gasteiger partial charge in [0, 0.05) is 18.8 Å². The van der Waals surface area contributed by atoms with Crippen LogP contribution in [0.15, 0.2) is 0 Å². The molecule has 0 atom stereocenters. The van der Waals surface area contributed by atoms with Gasteiger partial charge in [0.2, 0.25) is 5.78 Å². The summed E-state index contributed by atoms with van der Waals surface area (Å²) in [6, 6.07) is 0. The number of hydrogen-bond donors (Lipinski definition) is 0. The van der Waals surface area contributed by atoms with Crippen LogP contribution in [0.5, 0.6) is 0 Å². The van der Waals surface area contributed by atoms with E-state index < -0.39 is 0 Å². The third-order valence-electron chi connectivity index (χ3n) is 1.46. The molecule has 0 heterocycles. The van der Waals surface area contributed by atoms with Gasteiger partial charge < -0.3 is 5.53 Å². The van der Waals surface area contributed by atoms with Crippen molar-refractivity contribution in [2.45, 2.75) is 26.7 Å². The summed E-state index contributed by atoms with van der Waals surface area (Å²) in [4.78, 5) is 24.3. The summed E-state index contributed by atoms with van der Waals surface area (Å²) in [6.07, 6.45) is 1.16. The maximum absolute atomic E-state index is 11.0. The zero-order valence-corrected chi connectivity index (χ0v) is 7.28. The summed E-state index contributed by atoms with van der Waals surface area (Å²) in [6.45, 7) is 3.57. The van der Waals surface area contributed by atoms with Crippen molar-refractivity contribution in [2.75, 3.05) is 0 Å². The van der Waals surface area contributed by atoms with Crippen LogP contribution in [0.2, 0.25) is 0 Å². The molecule has 0 bridgehead atoms. The van der Waals surface area contributed by atoms with Crippen LogP contribution in [-0.4, -0.2) is 22.6 Å². The lowest BCUT2D eigenvalue weighted by Crippen LogP contribution is -2.10. The zero-order valence-electron chi connectivity index (χ0n) is 7.28. The molecule has 12 heavy (non-hydrogen) atoms. The smallest absolute Gasteiger partial charge is 0.323 e. The Labute approximate surface area is 71.2 Å². The van der Waals surface area contributed by atoms with E-state index in [-0.39, 0.29) is 30.3 Å². The highest BCUT2D eigenvalue weighted by Crippen LogP contribution is 2.01. The SMILES string of the molecule is CC(C)C(=O)CCC(=O)C=[N+]=[N-]. The largest absolute Gasteiger partial charge is 0.361 e. The van der Waals surface area contributed by atoms with E-state index in [1.54, 1.807) is 13.8 Å². The van der Waals surface area contributed by atoms with Crippen molar-refractivity contribution in [3.8, 4) is 0 Å². The molecular formula is C8H12N2O2. The molecule has 0 saturated carbocycles. The van der Waals surface area contributed by atoms with Crippen molar-refractivity contribution < 1.29 is 14.4 Å². The maximum atomic E-state index is 11.0. The number of carbonyl (C=O) groups is 2. The summed E-state index contributed by atoms with van der Waals surface area (Å²) < 4.78 is 0. The van der Waals surface area contributed by atoms with Gasteiger partial charge in [0.1, 0.15) is 5.78 Å². The van der Waals surface area contributed by atoms with Crippen LogP contribution in [0, 0.1) is 5.92 Å². The second-order valence-corrected chi connectivity index (χ2v) is 2.83. The van der Waals surface area contributed by atoms with Crippen molar-refractivity contribution in [1.29, 1.82) is 0 Å². The zero-order chi connectivity index (χ0) is 9.56. The molecule has 0 fully saturated rings. The molecule has 0 aliphatic rings.